The van der Waals surface area contributed by atoms with E-state index in [2.05, 4.69) is 45.9 Å². The van der Waals surface area contributed by atoms with Crippen LogP contribution in [0.2, 0.25) is 0 Å². The fraction of sp³-hybridized carbons (Fsp3) is 0.250. The highest BCUT2D eigenvalue weighted by Gasteiger charge is 2.11. The maximum Gasteiger partial charge on any atom is 0.269 e. The van der Waals surface area contributed by atoms with Gasteiger partial charge in [-0.1, -0.05) is 13.8 Å². The Bertz CT molecular complexity index is 888. The van der Waals surface area contributed by atoms with Gasteiger partial charge < -0.3 is 9.47 Å². The lowest BCUT2D eigenvalue weighted by Gasteiger charge is -2.12. The molecular weight excluding hydrogens is 458 g/mol. The Kier molecular flexibility index (Phi) is 8.41. The van der Waals surface area contributed by atoms with E-state index < -0.39 is 11.8 Å². The first-order valence-corrected chi connectivity index (χ1v) is 9.98. The maximum absolute atomic E-state index is 12.3. The first-order valence-electron chi connectivity index (χ1n) is 8.78. The van der Waals surface area contributed by atoms with Crippen LogP contribution < -0.4 is 25.6 Å². The predicted molar refractivity (Wildman–Crippen MR) is 118 cm³/mol. The lowest BCUT2D eigenvalue weighted by molar-refractivity contribution is 0.0934. The van der Waals surface area contributed by atoms with Crippen molar-refractivity contribution >= 4 is 45.1 Å². The minimum absolute atomic E-state index is 0.0314. The number of amides is 2. The molecule has 0 bridgehead atoms. The fourth-order valence-corrected chi connectivity index (χ4v) is 2.85. The monoisotopic (exact) mass is 479 g/mol. The Morgan fingerprint density at radius 1 is 1.03 bits per heavy atom. The van der Waals surface area contributed by atoms with Gasteiger partial charge in [0.25, 0.3) is 11.8 Å². The Morgan fingerprint density at radius 3 is 2.28 bits per heavy atom. The molecule has 0 unspecified atom stereocenters. The number of nitrogens with one attached hydrogen (secondary N) is 3. The molecule has 2 aromatic carbocycles. The van der Waals surface area contributed by atoms with E-state index in [1.807, 2.05) is 0 Å². The molecule has 2 rings (SSSR count). The van der Waals surface area contributed by atoms with Crippen molar-refractivity contribution in [2.45, 2.75) is 13.8 Å². The molecule has 0 aliphatic carbocycles. The predicted octanol–water partition coefficient (Wildman–Crippen LogP) is 3.44. The van der Waals surface area contributed by atoms with Crippen molar-refractivity contribution < 1.29 is 19.1 Å². The first-order chi connectivity index (χ1) is 13.8. The molecule has 2 aromatic rings. The van der Waals surface area contributed by atoms with Crippen molar-refractivity contribution in [2.75, 3.05) is 13.7 Å². The highest BCUT2D eigenvalue weighted by Crippen LogP contribution is 2.25. The zero-order valence-corrected chi connectivity index (χ0v) is 18.6. The van der Waals surface area contributed by atoms with Crippen molar-refractivity contribution in [3.63, 3.8) is 0 Å². The number of hydrazine groups is 1. The number of halogens is 1. The third-order valence-corrected chi connectivity index (χ3v) is 4.45. The van der Waals surface area contributed by atoms with Gasteiger partial charge in [0.15, 0.2) is 5.11 Å². The number of carbonyl (C=O) groups excluding carboxylic acids is 2. The maximum atomic E-state index is 12.3. The largest absolute Gasteiger partial charge is 0.496 e. The molecule has 29 heavy (non-hydrogen) atoms. The lowest BCUT2D eigenvalue weighted by Crippen LogP contribution is -2.48. The summed E-state index contributed by atoms with van der Waals surface area (Å²) in [7, 11) is 1.54. The summed E-state index contributed by atoms with van der Waals surface area (Å²) >= 11 is 8.37. The van der Waals surface area contributed by atoms with Crippen molar-refractivity contribution in [1.29, 1.82) is 0 Å². The number of methoxy groups -OCH3 is 1. The minimum atomic E-state index is -0.420. The van der Waals surface area contributed by atoms with E-state index in [0.717, 1.165) is 0 Å². The second kappa shape index (κ2) is 10.8. The molecule has 0 saturated heterocycles. The van der Waals surface area contributed by atoms with Gasteiger partial charge >= 0.3 is 0 Å². The number of hydrogen-bond donors (Lipinski definition) is 3. The first kappa shape index (κ1) is 22.6. The summed E-state index contributed by atoms with van der Waals surface area (Å²) in [4.78, 5) is 24.4. The summed E-state index contributed by atoms with van der Waals surface area (Å²) in [5.74, 6) is 0.887. The van der Waals surface area contributed by atoms with Gasteiger partial charge in [0.1, 0.15) is 11.5 Å². The van der Waals surface area contributed by atoms with Gasteiger partial charge in [-0.25, -0.2) is 0 Å². The molecular formula is C20H22BrN3O4S. The zero-order valence-electron chi connectivity index (χ0n) is 16.2. The Hall–Kier alpha value is -2.65. The Labute approximate surface area is 183 Å². The van der Waals surface area contributed by atoms with Crippen LogP contribution in [0.4, 0.5) is 0 Å². The smallest absolute Gasteiger partial charge is 0.269 e. The number of thiocarbonyl (C=S) groups is 1. The fourth-order valence-electron chi connectivity index (χ4n) is 2.17. The molecule has 0 radical (unpaired) electrons. The lowest BCUT2D eigenvalue weighted by atomic mass is 10.2. The third-order valence-electron chi connectivity index (χ3n) is 3.63. The summed E-state index contributed by atoms with van der Waals surface area (Å²) in [6.45, 7) is 4.72. The van der Waals surface area contributed by atoms with Crippen LogP contribution in [0.25, 0.3) is 0 Å². The van der Waals surface area contributed by atoms with E-state index in [-0.39, 0.29) is 5.11 Å². The van der Waals surface area contributed by atoms with E-state index in [1.165, 1.54) is 7.11 Å². The standard InChI is InChI=1S/C20H22BrN3O4S/c1-12(2)11-28-15-7-4-13(5-8-15)18(25)22-20(29)24-23-19(26)14-6-9-17(27-3)16(21)10-14/h4-10,12H,11H2,1-3H3,(H,23,26)(H2,22,24,25,29). The number of carbonyl (C=O) groups is 2. The molecule has 3 N–H and O–H groups in total. The summed E-state index contributed by atoms with van der Waals surface area (Å²) in [6.07, 6.45) is 0. The average Bonchev–Trinajstić information content (AvgIpc) is 2.70. The molecule has 7 nitrogen and oxygen atoms in total. The molecule has 0 saturated carbocycles. The quantitative estimate of drug-likeness (QED) is 0.434. The van der Waals surface area contributed by atoms with E-state index in [4.69, 9.17) is 21.7 Å². The van der Waals surface area contributed by atoms with Gasteiger partial charge in [-0.15, -0.1) is 0 Å². The number of hydrogen-bond acceptors (Lipinski definition) is 5. The van der Waals surface area contributed by atoms with Crippen LogP contribution in [-0.4, -0.2) is 30.6 Å². The molecule has 0 fully saturated rings. The topological polar surface area (TPSA) is 88.7 Å². The van der Waals surface area contributed by atoms with Crippen LogP contribution in [0.1, 0.15) is 34.6 Å². The number of ether oxygens (including phenoxy) is 2. The summed E-state index contributed by atoms with van der Waals surface area (Å²) < 4.78 is 11.4. The molecule has 2 amide bonds. The molecule has 0 heterocycles. The van der Waals surface area contributed by atoms with Crippen LogP contribution in [0, 0.1) is 5.92 Å². The van der Waals surface area contributed by atoms with E-state index in [0.29, 0.717) is 39.6 Å². The van der Waals surface area contributed by atoms with Crippen molar-refractivity contribution in [2.24, 2.45) is 5.92 Å². The van der Waals surface area contributed by atoms with Gasteiger partial charge in [0.2, 0.25) is 0 Å². The SMILES string of the molecule is COc1ccc(C(=O)NNC(=S)NC(=O)c2ccc(OCC(C)C)cc2)cc1Br. The van der Waals surface area contributed by atoms with Crippen molar-refractivity contribution in [3.8, 4) is 11.5 Å². The summed E-state index contributed by atoms with van der Waals surface area (Å²) in [5, 5.41) is 2.47. The van der Waals surface area contributed by atoms with Gasteiger partial charge in [-0.05, 0) is 76.5 Å². The molecule has 154 valence electrons. The third kappa shape index (κ3) is 7.03. The van der Waals surface area contributed by atoms with Gasteiger partial charge in [0.05, 0.1) is 18.2 Å². The van der Waals surface area contributed by atoms with Gasteiger partial charge in [-0.3, -0.25) is 25.8 Å². The molecule has 0 spiro atoms. The Balaban J connectivity index is 1.84. The van der Waals surface area contributed by atoms with Crippen molar-refractivity contribution in [1.82, 2.24) is 16.2 Å². The molecule has 0 atom stereocenters. The average molecular weight is 480 g/mol. The van der Waals surface area contributed by atoms with E-state index in [1.54, 1.807) is 42.5 Å². The molecule has 0 aromatic heterocycles. The van der Waals surface area contributed by atoms with Crippen LogP contribution in [-0.2, 0) is 0 Å². The van der Waals surface area contributed by atoms with Crippen LogP contribution in [0.15, 0.2) is 46.9 Å². The van der Waals surface area contributed by atoms with Crippen molar-refractivity contribution in [3.05, 3.63) is 58.1 Å². The zero-order chi connectivity index (χ0) is 21.4. The molecule has 0 aliphatic heterocycles. The highest BCUT2D eigenvalue weighted by atomic mass is 79.9. The Morgan fingerprint density at radius 2 is 1.69 bits per heavy atom. The molecule has 9 heteroatoms. The molecule has 0 aliphatic rings. The van der Waals surface area contributed by atoms with Crippen LogP contribution in [0.5, 0.6) is 11.5 Å². The van der Waals surface area contributed by atoms with Crippen LogP contribution in [0.3, 0.4) is 0 Å². The summed E-state index contributed by atoms with van der Waals surface area (Å²) in [6, 6.07) is 11.6. The minimum Gasteiger partial charge on any atom is -0.496 e. The van der Waals surface area contributed by atoms with Gasteiger partial charge in [0, 0.05) is 11.1 Å². The number of benzene rings is 2. The van der Waals surface area contributed by atoms with E-state index in [9.17, 15) is 9.59 Å². The van der Waals surface area contributed by atoms with Gasteiger partial charge in [-0.2, -0.15) is 0 Å². The summed E-state index contributed by atoms with van der Waals surface area (Å²) in [5.41, 5.74) is 5.73. The van der Waals surface area contributed by atoms with E-state index >= 15 is 0 Å². The highest BCUT2D eigenvalue weighted by molar-refractivity contribution is 9.10. The normalized spacial score (nSPS) is 10.2. The second-order valence-corrected chi connectivity index (χ2v) is 7.70. The number of rotatable bonds is 6. The second-order valence-electron chi connectivity index (χ2n) is 6.44. The van der Waals surface area contributed by atoms with Crippen LogP contribution >= 0.6 is 28.1 Å².